The van der Waals surface area contributed by atoms with Crippen molar-refractivity contribution < 1.29 is 24.5 Å². The average molecular weight is 866 g/mol. The molecule has 0 aliphatic heterocycles. The number of hydrogen-bond donors (Lipinski definition) is 3. The molecule has 0 bridgehead atoms. The van der Waals surface area contributed by atoms with Gasteiger partial charge in [0.15, 0.2) is 0 Å². The van der Waals surface area contributed by atoms with Gasteiger partial charge in [0, 0.05) is 6.42 Å². The SMILES string of the molecule is CC/C=C\C/C=C\C/C=C\C/C=C\C/C=C\CCCC(CC(=O)NC(CO)C(O)CCCCCCCCCCCCCCCC)OC(=O)CCCCCCC/C=C\CCCCC. The summed E-state index contributed by atoms with van der Waals surface area (Å²) in [5.74, 6) is -0.541. The number of aliphatic hydroxyl groups excluding tert-OH is 2. The quantitative estimate of drug-likeness (QED) is 0.0322. The summed E-state index contributed by atoms with van der Waals surface area (Å²) in [6.07, 6.45) is 62.5. The van der Waals surface area contributed by atoms with E-state index in [1.54, 1.807) is 0 Å². The van der Waals surface area contributed by atoms with Crippen molar-refractivity contribution >= 4 is 11.9 Å². The summed E-state index contributed by atoms with van der Waals surface area (Å²) in [5.41, 5.74) is 0. The molecule has 1 amide bonds. The third-order valence-electron chi connectivity index (χ3n) is 11.5. The van der Waals surface area contributed by atoms with Gasteiger partial charge in [-0.3, -0.25) is 9.59 Å². The first-order valence-electron chi connectivity index (χ1n) is 26.2. The molecule has 0 radical (unpaired) electrons. The number of carbonyl (C=O) groups is 2. The van der Waals surface area contributed by atoms with Crippen LogP contribution in [0.25, 0.3) is 0 Å². The summed E-state index contributed by atoms with van der Waals surface area (Å²) >= 11 is 0. The van der Waals surface area contributed by atoms with Crippen LogP contribution in [0.3, 0.4) is 0 Å². The Hall–Kier alpha value is -2.70. The number of amides is 1. The lowest BCUT2D eigenvalue weighted by atomic mass is 10.0. The zero-order valence-electron chi connectivity index (χ0n) is 40.7. The molecule has 3 N–H and O–H groups in total. The number of allylic oxidation sites excluding steroid dienone is 12. The highest BCUT2D eigenvalue weighted by Gasteiger charge is 2.24. The number of aliphatic hydroxyl groups is 2. The van der Waals surface area contributed by atoms with Gasteiger partial charge in [-0.1, -0.05) is 216 Å². The van der Waals surface area contributed by atoms with Gasteiger partial charge in [0.2, 0.25) is 5.91 Å². The first-order chi connectivity index (χ1) is 30.5. The van der Waals surface area contributed by atoms with E-state index in [1.807, 2.05) is 0 Å². The second kappa shape index (κ2) is 49.3. The van der Waals surface area contributed by atoms with E-state index in [0.717, 1.165) is 89.9 Å². The van der Waals surface area contributed by atoms with Gasteiger partial charge in [0.05, 0.1) is 25.2 Å². The van der Waals surface area contributed by atoms with E-state index >= 15 is 0 Å². The molecule has 3 unspecified atom stereocenters. The molecular weight excluding hydrogens is 767 g/mol. The second-order valence-electron chi connectivity index (χ2n) is 17.5. The maximum Gasteiger partial charge on any atom is 0.306 e. The summed E-state index contributed by atoms with van der Waals surface area (Å²) in [5, 5.41) is 23.8. The maximum atomic E-state index is 13.2. The molecule has 0 aromatic heterocycles. The number of ether oxygens (including phenoxy) is 1. The molecule has 0 aromatic rings. The van der Waals surface area contributed by atoms with Gasteiger partial charge in [-0.2, -0.15) is 0 Å². The van der Waals surface area contributed by atoms with Gasteiger partial charge in [0.1, 0.15) is 6.10 Å². The molecule has 6 nitrogen and oxygen atoms in total. The van der Waals surface area contributed by atoms with Crippen molar-refractivity contribution in [3.05, 3.63) is 72.9 Å². The van der Waals surface area contributed by atoms with Crippen LogP contribution in [0.15, 0.2) is 72.9 Å². The van der Waals surface area contributed by atoms with E-state index in [2.05, 4.69) is 99.0 Å². The van der Waals surface area contributed by atoms with E-state index < -0.39 is 18.2 Å². The minimum absolute atomic E-state index is 0.0332. The fraction of sp³-hybridized carbons (Fsp3) is 0.750. The van der Waals surface area contributed by atoms with Crippen LogP contribution in [0, 0.1) is 0 Å². The highest BCUT2D eigenvalue weighted by atomic mass is 16.5. The van der Waals surface area contributed by atoms with Crippen molar-refractivity contribution in [3.8, 4) is 0 Å². The topological polar surface area (TPSA) is 95.9 Å². The molecule has 0 saturated carbocycles. The second-order valence-corrected chi connectivity index (χ2v) is 17.5. The number of carbonyl (C=O) groups excluding carboxylic acids is 2. The van der Waals surface area contributed by atoms with Crippen LogP contribution >= 0.6 is 0 Å². The van der Waals surface area contributed by atoms with Gasteiger partial charge in [-0.05, 0) is 89.9 Å². The lowest BCUT2D eigenvalue weighted by Gasteiger charge is -2.24. The maximum absolute atomic E-state index is 13.2. The molecule has 6 heteroatoms. The van der Waals surface area contributed by atoms with Crippen LogP contribution in [-0.2, 0) is 14.3 Å². The summed E-state index contributed by atoms with van der Waals surface area (Å²) in [7, 11) is 0. The van der Waals surface area contributed by atoms with Crippen molar-refractivity contribution in [2.75, 3.05) is 6.61 Å². The molecule has 0 rings (SSSR count). The molecule has 0 aromatic carbocycles. The van der Waals surface area contributed by atoms with Crippen molar-refractivity contribution in [1.29, 1.82) is 0 Å². The lowest BCUT2D eigenvalue weighted by Crippen LogP contribution is -2.46. The minimum Gasteiger partial charge on any atom is -0.462 e. The Labute approximate surface area is 383 Å². The van der Waals surface area contributed by atoms with Crippen LogP contribution in [-0.4, -0.2) is 46.9 Å². The molecule has 0 fully saturated rings. The zero-order valence-corrected chi connectivity index (χ0v) is 40.7. The van der Waals surface area contributed by atoms with Gasteiger partial charge < -0.3 is 20.3 Å². The summed E-state index contributed by atoms with van der Waals surface area (Å²) < 4.78 is 5.90. The molecule has 358 valence electrons. The monoisotopic (exact) mass is 866 g/mol. The van der Waals surface area contributed by atoms with Crippen LogP contribution in [0.2, 0.25) is 0 Å². The molecule has 0 heterocycles. The Balaban J connectivity index is 4.69. The fourth-order valence-corrected chi connectivity index (χ4v) is 7.57. The Kier molecular flexibility index (Phi) is 47.2. The van der Waals surface area contributed by atoms with Gasteiger partial charge in [-0.15, -0.1) is 0 Å². The average Bonchev–Trinajstić information content (AvgIpc) is 3.26. The molecule has 0 spiro atoms. The lowest BCUT2D eigenvalue weighted by molar-refractivity contribution is -0.151. The standard InChI is InChI=1S/C56H99NO5/c1-4-7-10-13-16-19-22-25-27-28-29-30-32-35-38-41-44-47-52(62-56(61)49-46-43-40-37-34-24-21-18-15-12-9-6-3)50-55(60)57-53(51-58)54(59)48-45-42-39-36-33-31-26-23-20-17-14-11-8-5-2/h7,10,16,18-19,21,25,27,29-30,35,38,52-54,58-59H,4-6,8-9,11-15,17,20,22-24,26,28,31-34,36-37,39-51H2,1-3H3,(H,57,60)/b10-7-,19-16-,21-18-,27-25-,30-29-,38-35-. The van der Waals surface area contributed by atoms with Crippen LogP contribution in [0.5, 0.6) is 0 Å². The molecule has 0 saturated heterocycles. The van der Waals surface area contributed by atoms with Crippen molar-refractivity contribution in [1.82, 2.24) is 5.32 Å². The van der Waals surface area contributed by atoms with E-state index in [1.165, 1.54) is 109 Å². The van der Waals surface area contributed by atoms with E-state index in [0.29, 0.717) is 19.3 Å². The minimum atomic E-state index is -0.806. The van der Waals surface area contributed by atoms with E-state index in [4.69, 9.17) is 4.74 Å². The first kappa shape index (κ1) is 59.3. The van der Waals surface area contributed by atoms with Gasteiger partial charge >= 0.3 is 5.97 Å². The smallest absolute Gasteiger partial charge is 0.306 e. The van der Waals surface area contributed by atoms with Gasteiger partial charge in [-0.25, -0.2) is 0 Å². The zero-order chi connectivity index (χ0) is 45.2. The molecular formula is C56H99NO5. The van der Waals surface area contributed by atoms with Crippen molar-refractivity contribution in [2.45, 2.75) is 264 Å². The number of rotatable bonds is 46. The van der Waals surface area contributed by atoms with Crippen LogP contribution in [0.4, 0.5) is 0 Å². The first-order valence-corrected chi connectivity index (χ1v) is 26.2. The van der Waals surface area contributed by atoms with Crippen LogP contribution in [0.1, 0.15) is 245 Å². The Bertz CT molecular complexity index is 1150. The summed E-state index contributed by atoms with van der Waals surface area (Å²) in [4.78, 5) is 26.1. The Morgan fingerprint density at radius 2 is 0.887 bits per heavy atom. The van der Waals surface area contributed by atoms with E-state index in [-0.39, 0.29) is 24.9 Å². The largest absolute Gasteiger partial charge is 0.462 e. The molecule has 62 heavy (non-hydrogen) atoms. The molecule has 0 aliphatic carbocycles. The Morgan fingerprint density at radius 1 is 0.484 bits per heavy atom. The molecule has 3 atom stereocenters. The number of hydrogen-bond acceptors (Lipinski definition) is 5. The predicted octanol–water partition coefficient (Wildman–Crippen LogP) is 15.8. The number of unbranched alkanes of at least 4 members (excludes halogenated alkanes) is 22. The third kappa shape index (κ3) is 43.9. The Morgan fingerprint density at radius 3 is 1.40 bits per heavy atom. The normalized spacial score (nSPS) is 13.8. The number of esters is 1. The molecule has 0 aliphatic rings. The van der Waals surface area contributed by atoms with Crippen molar-refractivity contribution in [2.24, 2.45) is 0 Å². The third-order valence-corrected chi connectivity index (χ3v) is 11.5. The highest BCUT2D eigenvalue weighted by molar-refractivity contribution is 5.77. The summed E-state index contributed by atoms with van der Waals surface area (Å²) in [6, 6.07) is -0.723. The predicted molar refractivity (Wildman–Crippen MR) is 268 cm³/mol. The fourth-order valence-electron chi connectivity index (χ4n) is 7.57. The number of nitrogens with one attached hydrogen (secondary N) is 1. The van der Waals surface area contributed by atoms with Crippen LogP contribution < -0.4 is 5.32 Å². The highest BCUT2D eigenvalue weighted by Crippen LogP contribution is 2.17. The van der Waals surface area contributed by atoms with E-state index in [9.17, 15) is 19.8 Å². The van der Waals surface area contributed by atoms with Gasteiger partial charge in [0.25, 0.3) is 0 Å². The summed E-state index contributed by atoms with van der Waals surface area (Å²) in [6.45, 7) is 6.33. The van der Waals surface area contributed by atoms with Crippen molar-refractivity contribution in [3.63, 3.8) is 0 Å².